The van der Waals surface area contributed by atoms with Crippen LogP contribution in [0.2, 0.25) is 5.02 Å². The van der Waals surface area contributed by atoms with Crippen LogP contribution in [0.1, 0.15) is 11.5 Å². The Bertz CT molecular complexity index is 1030. The van der Waals surface area contributed by atoms with E-state index in [1.54, 1.807) is 13.3 Å². The van der Waals surface area contributed by atoms with Crippen LogP contribution >= 0.6 is 11.6 Å². The van der Waals surface area contributed by atoms with E-state index in [1.165, 1.54) is 0 Å². The third-order valence-electron chi connectivity index (χ3n) is 3.76. The molecule has 4 aromatic rings. The number of fused-ring (bicyclic) bond motifs is 1. The fraction of sp³-hybridized carbons (Fsp3) is 0.118. The van der Waals surface area contributed by atoms with Crippen LogP contribution < -0.4 is 10.1 Å². The van der Waals surface area contributed by atoms with Crippen LogP contribution in [0.3, 0.4) is 0 Å². The summed E-state index contributed by atoms with van der Waals surface area (Å²) in [5, 5.41) is 19.3. The summed E-state index contributed by atoms with van der Waals surface area (Å²) < 4.78 is 10.9. The van der Waals surface area contributed by atoms with Gasteiger partial charge < -0.3 is 14.5 Å². The zero-order valence-electron chi connectivity index (χ0n) is 13.3. The number of H-pyrrole nitrogens is 1. The summed E-state index contributed by atoms with van der Waals surface area (Å²) in [4.78, 5) is 0. The van der Waals surface area contributed by atoms with Crippen LogP contribution in [0.5, 0.6) is 5.75 Å². The molecule has 0 saturated carbocycles. The maximum absolute atomic E-state index is 6.38. The average molecular weight is 356 g/mol. The second kappa shape index (κ2) is 6.45. The molecule has 0 spiro atoms. The van der Waals surface area contributed by atoms with Gasteiger partial charge in [-0.3, -0.25) is 5.10 Å². The van der Waals surface area contributed by atoms with Crippen molar-refractivity contribution < 1.29 is 9.15 Å². The minimum absolute atomic E-state index is 0.280. The topological polar surface area (TPSA) is 88.9 Å². The van der Waals surface area contributed by atoms with E-state index in [-0.39, 0.29) is 6.01 Å². The fourth-order valence-corrected chi connectivity index (χ4v) is 2.79. The molecule has 0 fully saturated rings. The number of halogens is 1. The molecule has 0 amide bonds. The van der Waals surface area contributed by atoms with Crippen LogP contribution in [0.15, 0.2) is 47.0 Å². The van der Waals surface area contributed by atoms with Crippen LogP contribution in [0, 0.1) is 0 Å². The Kier molecular flexibility index (Phi) is 3.99. The Labute approximate surface area is 148 Å². The van der Waals surface area contributed by atoms with Crippen molar-refractivity contribution in [2.75, 3.05) is 12.4 Å². The van der Waals surface area contributed by atoms with Crippen molar-refractivity contribution in [2.24, 2.45) is 0 Å². The molecule has 2 heterocycles. The van der Waals surface area contributed by atoms with E-state index < -0.39 is 0 Å². The number of aromatic nitrogens is 4. The Hall–Kier alpha value is -3.06. The maximum atomic E-state index is 6.38. The summed E-state index contributed by atoms with van der Waals surface area (Å²) in [7, 11) is 1.63. The number of nitrogens with one attached hydrogen (secondary N) is 2. The molecule has 25 heavy (non-hydrogen) atoms. The average Bonchev–Trinajstić information content (AvgIpc) is 3.27. The summed E-state index contributed by atoms with van der Waals surface area (Å²) in [5.41, 5.74) is 2.55. The first-order chi connectivity index (χ1) is 12.2. The third kappa shape index (κ3) is 3.14. The van der Waals surface area contributed by atoms with E-state index in [0.717, 1.165) is 22.2 Å². The summed E-state index contributed by atoms with van der Waals surface area (Å²) in [5.74, 6) is 1.28. The smallest absolute Gasteiger partial charge is 0.320 e. The highest BCUT2D eigenvalue weighted by molar-refractivity contribution is 6.38. The maximum Gasteiger partial charge on any atom is 0.320 e. The molecule has 0 bridgehead atoms. The third-order valence-corrected chi connectivity index (χ3v) is 4.16. The van der Waals surface area contributed by atoms with Crippen LogP contribution in [-0.4, -0.2) is 27.5 Å². The number of benzene rings is 2. The Morgan fingerprint density at radius 3 is 3.04 bits per heavy atom. The molecule has 126 valence electrons. The van der Waals surface area contributed by atoms with Crippen molar-refractivity contribution >= 4 is 34.2 Å². The predicted molar refractivity (Wildman–Crippen MR) is 94.5 cm³/mol. The van der Waals surface area contributed by atoms with Gasteiger partial charge in [0.15, 0.2) is 0 Å². The number of hydrogen-bond acceptors (Lipinski definition) is 6. The quantitative estimate of drug-likeness (QED) is 0.563. The van der Waals surface area contributed by atoms with Gasteiger partial charge >= 0.3 is 6.01 Å². The number of aromatic amines is 1. The van der Waals surface area contributed by atoms with Crippen LogP contribution in [-0.2, 0) is 6.42 Å². The summed E-state index contributed by atoms with van der Waals surface area (Å²) in [6.07, 6.45) is 2.19. The van der Waals surface area contributed by atoms with Crippen molar-refractivity contribution in [3.63, 3.8) is 0 Å². The minimum Gasteiger partial charge on any atom is -0.497 e. The van der Waals surface area contributed by atoms with Gasteiger partial charge in [0.1, 0.15) is 5.75 Å². The van der Waals surface area contributed by atoms with E-state index in [9.17, 15) is 0 Å². The molecule has 4 rings (SSSR count). The van der Waals surface area contributed by atoms with Gasteiger partial charge in [-0.05, 0) is 29.8 Å². The van der Waals surface area contributed by atoms with Crippen molar-refractivity contribution in [1.82, 2.24) is 20.4 Å². The lowest BCUT2D eigenvalue weighted by Crippen LogP contribution is -1.91. The molecule has 0 aliphatic rings. The van der Waals surface area contributed by atoms with Gasteiger partial charge in [-0.1, -0.05) is 28.8 Å². The number of hydrogen-bond donors (Lipinski definition) is 2. The van der Waals surface area contributed by atoms with Gasteiger partial charge in [0.25, 0.3) is 0 Å². The molecule has 2 aromatic heterocycles. The fourth-order valence-electron chi connectivity index (χ4n) is 2.53. The molecule has 0 unspecified atom stereocenters. The highest BCUT2D eigenvalue weighted by atomic mass is 35.5. The normalized spacial score (nSPS) is 11.0. The molecular weight excluding hydrogens is 342 g/mol. The summed E-state index contributed by atoms with van der Waals surface area (Å²) >= 11 is 6.38. The molecule has 0 aliphatic heterocycles. The van der Waals surface area contributed by atoms with Crippen molar-refractivity contribution in [1.29, 1.82) is 0 Å². The Balaban J connectivity index is 1.53. The highest BCUT2D eigenvalue weighted by Crippen LogP contribution is 2.31. The highest BCUT2D eigenvalue weighted by Gasteiger charge is 2.12. The summed E-state index contributed by atoms with van der Waals surface area (Å²) in [6, 6.07) is 11.7. The van der Waals surface area contributed by atoms with Gasteiger partial charge in [-0.25, -0.2) is 0 Å². The molecular formula is C17H14ClN5O2. The lowest BCUT2D eigenvalue weighted by Gasteiger charge is -2.04. The van der Waals surface area contributed by atoms with Crippen LogP contribution in [0.25, 0.3) is 10.9 Å². The lowest BCUT2D eigenvalue weighted by molar-refractivity contribution is 0.414. The number of methoxy groups -OCH3 is 1. The number of anilines is 2. The Morgan fingerprint density at radius 1 is 1.24 bits per heavy atom. The zero-order chi connectivity index (χ0) is 17.2. The van der Waals surface area contributed by atoms with Crippen molar-refractivity contribution in [2.45, 2.75) is 6.42 Å². The lowest BCUT2D eigenvalue weighted by atomic mass is 10.1. The first-order valence-corrected chi connectivity index (χ1v) is 7.94. The van der Waals surface area contributed by atoms with E-state index >= 15 is 0 Å². The molecule has 0 saturated heterocycles. The molecule has 2 aromatic carbocycles. The standard InChI is InChI=1S/C17H14ClN5O2/c1-24-11-4-2-3-10(7-11)8-15-22-23-17(25-15)20-14-6-5-13-12(16(14)18)9-19-21-13/h2-7,9H,8H2,1H3,(H,19,21)(H,20,23). The van der Waals surface area contributed by atoms with Gasteiger partial charge in [0, 0.05) is 5.39 Å². The van der Waals surface area contributed by atoms with E-state index in [2.05, 4.69) is 25.7 Å². The molecule has 0 atom stereocenters. The van der Waals surface area contributed by atoms with Crippen LogP contribution in [0.4, 0.5) is 11.7 Å². The SMILES string of the molecule is COc1cccc(Cc2nnc(Nc3ccc4[nH]ncc4c3Cl)o2)c1. The number of ether oxygens (including phenoxy) is 1. The zero-order valence-corrected chi connectivity index (χ0v) is 14.0. The first kappa shape index (κ1) is 15.5. The van der Waals surface area contributed by atoms with Crippen molar-refractivity contribution in [3.8, 4) is 5.75 Å². The largest absolute Gasteiger partial charge is 0.497 e. The van der Waals surface area contributed by atoms with Crippen molar-refractivity contribution in [3.05, 3.63) is 59.1 Å². The molecule has 8 heteroatoms. The van der Waals surface area contributed by atoms with Gasteiger partial charge in [-0.2, -0.15) is 5.10 Å². The first-order valence-electron chi connectivity index (χ1n) is 7.57. The molecule has 7 nitrogen and oxygen atoms in total. The molecule has 2 N–H and O–H groups in total. The monoisotopic (exact) mass is 355 g/mol. The van der Waals surface area contributed by atoms with Gasteiger partial charge in [0.05, 0.1) is 36.0 Å². The van der Waals surface area contributed by atoms with E-state index in [1.807, 2.05) is 36.4 Å². The predicted octanol–water partition coefficient (Wildman–Crippen LogP) is 3.94. The number of rotatable bonds is 5. The van der Waals surface area contributed by atoms with Gasteiger partial charge in [-0.15, -0.1) is 5.10 Å². The van der Waals surface area contributed by atoms with Gasteiger partial charge in [0.2, 0.25) is 5.89 Å². The van der Waals surface area contributed by atoms with E-state index in [0.29, 0.717) is 23.0 Å². The molecule has 0 aliphatic carbocycles. The van der Waals surface area contributed by atoms with E-state index in [4.69, 9.17) is 20.8 Å². The summed E-state index contributed by atoms with van der Waals surface area (Å²) in [6.45, 7) is 0. The second-order valence-electron chi connectivity index (χ2n) is 5.41. The minimum atomic E-state index is 0.280. The molecule has 0 radical (unpaired) electrons. The Morgan fingerprint density at radius 2 is 2.16 bits per heavy atom. The second-order valence-corrected chi connectivity index (χ2v) is 5.79. The number of nitrogens with zero attached hydrogens (tertiary/aromatic N) is 3.